The van der Waals surface area contributed by atoms with Crippen molar-refractivity contribution >= 4 is 11.7 Å². The summed E-state index contributed by atoms with van der Waals surface area (Å²) >= 11 is 0. The number of hydrogen-bond donors (Lipinski definition) is 2. The van der Waals surface area contributed by atoms with E-state index in [1.165, 1.54) is 12.1 Å². The summed E-state index contributed by atoms with van der Waals surface area (Å²) in [5.74, 6) is 1.38. The summed E-state index contributed by atoms with van der Waals surface area (Å²) in [7, 11) is 1.88. The van der Waals surface area contributed by atoms with Gasteiger partial charge in [0.25, 0.3) is 0 Å². The lowest BCUT2D eigenvalue weighted by molar-refractivity contribution is -0.142. The van der Waals surface area contributed by atoms with Crippen molar-refractivity contribution in [1.82, 2.24) is 20.2 Å². The normalized spacial score (nSPS) is 22.4. The zero-order valence-corrected chi connectivity index (χ0v) is 18.5. The van der Waals surface area contributed by atoms with Crippen molar-refractivity contribution in [2.24, 2.45) is 0 Å². The Morgan fingerprint density at radius 3 is 2.88 bits per heavy atom. The molecule has 0 aliphatic carbocycles. The third-order valence-corrected chi connectivity index (χ3v) is 7.11. The predicted molar refractivity (Wildman–Crippen MR) is 119 cm³/mol. The average Bonchev–Trinajstić information content (AvgIpc) is 3.38. The molecule has 1 aromatic heterocycles. The summed E-state index contributed by atoms with van der Waals surface area (Å²) in [6, 6.07) is 6.65. The van der Waals surface area contributed by atoms with Crippen LogP contribution in [0.3, 0.4) is 0 Å². The first-order valence-electron chi connectivity index (χ1n) is 11.5. The summed E-state index contributed by atoms with van der Waals surface area (Å²) in [5, 5.41) is 6.69. The first kappa shape index (κ1) is 21.3. The summed E-state index contributed by atoms with van der Waals surface area (Å²) in [6.45, 7) is 3.02. The maximum Gasteiger partial charge on any atom is 0.233 e. The van der Waals surface area contributed by atoms with Gasteiger partial charge in [-0.1, -0.05) is 12.1 Å². The molecule has 1 atom stereocenters. The van der Waals surface area contributed by atoms with E-state index in [0.29, 0.717) is 45.6 Å². The number of anilines is 1. The Bertz CT molecular complexity index is 1000. The Kier molecular flexibility index (Phi) is 5.82. The number of fused-ring (bicyclic) bond motifs is 1. The maximum absolute atomic E-state index is 14.1. The van der Waals surface area contributed by atoms with E-state index in [9.17, 15) is 9.18 Å². The van der Waals surface area contributed by atoms with Crippen LogP contribution < -0.4 is 10.6 Å². The monoisotopic (exact) mass is 439 g/mol. The van der Waals surface area contributed by atoms with Crippen LogP contribution in [0.4, 0.5) is 10.2 Å². The van der Waals surface area contributed by atoms with Gasteiger partial charge in [0.1, 0.15) is 17.5 Å². The molecule has 0 bridgehead atoms. The second kappa shape index (κ2) is 8.75. The van der Waals surface area contributed by atoms with Gasteiger partial charge >= 0.3 is 0 Å². The van der Waals surface area contributed by atoms with E-state index in [1.807, 2.05) is 18.0 Å². The third-order valence-electron chi connectivity index (χ3n) is 7.11. The van der Waals surface area contributed by atoms with E-state index in [-0.39, 0.29) is 17.8 Å². The van der Waals surface area contributed by atoms with E-state index < -0.39 is 5.41 Å². The molecular weight excluding hydrogens is 409 g/mol. The van der Waals surface area contributed by atoms with E-state index in [2.05, 4.69) is 10.6 Å². The van der Waals surface area contributed by atoms with E-state index in [4.69, 9.17) is 14.7 Å². The highest BCUT2D eigenvalue weighted by Crippen LogP contribution is 2.38. The molecule has 8 heteroatoms. The summed E-state index contributed by atoms with van der Waals surface area (Å²) < 4.78 is 19.7. The lowest BCUT2D eigenvalue weighted by atomic mass is 9.72. The number of hydrogen-bond acceptors (Lipinski definition) is 6. The maximum atomic E-state index is 14.1. The van der Waals surface area contributed by atoms with E-state index >= 15 is 0 Å². The number of nitrogens with one attached hydrogen (secondary N) is 2. The quantitative estimate of drug-likeness (QED) is 0.763. The van der Waals surface area contributed by atoms with Gasteiger partial charge in [0, 0.05) is 32.4 Å². The van der Waals surface area contributed by atoms with Crippen LogP contribution in [-0.4, -0.2) is 54.1 Å². The van der Waals surface area contributed by atoms with E-state index in [1.54, 1.807) is 6.07 Å². The molecule has 3 aliphatic rings. The molecule has 1 aromatic carbocycles. The molecule has 1 amide bonds. The SMILES string of the molecule is CNc1nc([C@H]2CCCN2)nc2c1CCN(C(=O)C1(c3cccc(F)c3)CCOCC1)C2. The van der Waals surface area contributed by atoms with Crippen LogP contribution in [0.5, 0.6) is 0 Å². The van der Waals surface area contributed by atoms with Crippen molar-refractivity contribution in [2.45, 2.75) is 50.1 Å². The van der Waals surface area contributed by atoms with Gasteiger partial charge in [-0.15, -0.1) is 0 Å². The second-order valence-electron chi connectivity index (χ2n) is 8.94. The smallest absolute Gasteiger partial charge is 0.233 e. The average molecular weight is 440 g/mol. The van der Waals surface area contributed by atoms with E-state index in [0.717, 1.165) is 47.8 Å². The highest BCUT2D eigenvalue weighted by atomic mass is 19.1. The van der Waals surface area contributed by atoms with Gasteiger partial charge in [-0.3, -0.25) is 4.79 Å². The Hall–Kier alpha value is -2.58. The van der Waals surface area contributed by atoms with Crippen LogP contribution in [0.15, 0.2) is 24.3 Å². The van der Waals surface area contributed by atoms with Gasteiger partial charge in [-0.25, -0.2) is 14.4 Å². The number of carbonyl (C=O) groups is 1. The highest BCUT2D eigenvalue weighted by Gasteiger charge is 2.45. The largest absolute Gasteiger partial charge is 0.381 e. The lowest BCUT2D eigenvalue weighted by Gasteiger charge is -2.41. The Morgan fingerprint density at radius 1 is 1.31 bits per heavy atom. The molecule has 4 heterocycles. The molecule has 0 unspecified atom stereocenters. The van der Waals surface area contributed by atoms with Crippen molar-refractivity contribution < 1.29 is 13.9 Å². The molecule has 7 nitrogen and oxygen atoms in total. The first-order chi connectivity index (χ1) is 15.6. The predicted octanol–water partition coefficient (Wildman–Crippen LogP) is 2.72. The van der Waals surface area contributed by atoms with Crippen LogP contribution in [-0.2, 0) is 27.9 Å². The van der Waals surface area contributed by atoms with Crippen molar-refractivity contribution in [3.05, 3.63) is 52.7 Å². The highest BCUT2D eigenvalue weighted by molar-refractivity contribution is 5.88. The minimum absolute atomic E-state index is 0.0437. The Labute approximate surface area is 187 Å². The number of nitrogens with zero attached hydrogens (tertiary/aromatic N) is 3. The molecule has 0 spiro atoms. The van der Waals surface area contributed by atoms with Crippen LogP contribution >= 0.6 is 0 Å². The summed E-state index contributed by atoms with van der Waals surface area (Å²) in [4.78, 5) is 25.5. The fourth-order valence-corrected chi connectivity index (χ4v) is 5.33. The number of amides is 1. The first-order valence-corrected chi connectivity index (χ1v) is 11.5. The van der Waals surface area contributed by atoms with Crippen LogP contribution in [0.25, 0.3) is 0 Å². The fourth-order valence-electron chi connectivity index (χ4n) is 5.33. The Balaban J connectivity index is 1.47. The number of carbonyl (C=O) groups excluding carboxylic acids is 1. The molecule has 3 aliphatic heterocycles. The molecule has 32 heavy (non-hydrogen) atoms. The molecule has 2 saturated heterocycles. The third kappa shape index (κ3) is 3.75. The molecule has 5 rings (SSSR count). The number of aromatic nitrogens is 2. The second-order valence-corrected chi connectivity index (χ2v) is 8.94. The van der Waals surface area contributed by atoms with Gasteiger partial charge < -0.3 is 20.3 Å². The molecule has 0 saturated carbocycles. The number of rotatable bonds is 4. The number of ether oxygens (including phenoxy) is 1. The Morgan fingerprint density at radius 2 is 2.16 bits per heavy atom. The lowest BCUT2D eigenvalue weighted by Crippen LogP contribution is -2.51. The fraction of sp³-hybridized carbons (Fsp3) is 0.542. The van der Waals surface area contributed by atoms with Crippen molar-refractivity contribution in [3.63, 3.8) is 0 Å². The number of halogens is 1. The molecule has 2 fully saturated rings. The van der Waals surface area contributed by atoms with Gasteiger partial charge in [0.05, 0.1) is 23.7 Å². The van der Waals surface area contributed by atoms with Gasteiger partial charge in [-0.05, 0) is 56.3 Å². The molecule has 2 aromatic rings. The zero-order valence-electron chi connectivity index (χ0n) is 18.5. The van der Waals surface area contributed by atoms with Crippen molar-refractivity contribution in [3.8, 4) is 0 Å². The molecule has 2 N–H and O–H groups in total. The van der Waals surface area contributed by atoms with Crippen molar-refractivity contribution in [2.75, 3.05) is 38.7 Å². The summed E-state index contributed by atoms with van der Waals surface area (Å²) in [5.41, 5.74) is 1.98. The van der Waals surface area contributed by atoms with Gasteiger partial charge in [0.15, 0.2) is 0 Å². The molecular formula is C24H30FN5O2. The van der Waals surface area contributed by atoms with Crippen LogP contribution in [0.1, 0.15) is 54.4 Å². The topological polar surface area (TPSA) is 79.4 Å². The minimum atomic E-state index is -0.757. The van der Waals surface area contributed by atoms with Gasteiger partial charge in [0.2, 0.25) is 5.91 Å². The summed E-state index contributed by atoms with van der Waals surface area (Å²) in [6.07, 6.45) is 3.95. The minimum Gasteiger partial charge on any atom is -0.381 e. The van der Waals surface area contributed by atoms with Crippen LogP contribution in [0.2, 0.25) is 0 Å². The molecule has 170 valence electrons. The molecule has 0 radical (unpaired) electrons. The van der Waals surface area contributed by atoms with Crippen molar-refractivity contribution in [1.29, 1.82) is 0 Å². The number of benzene rings is 1. The zero-order chi connectivity index (χ0) is 22.1. The van der Waals surface area contributed by atoms with Crippen LogP contribution in [0, 0.1) is 5.82 Å². The standard InChI is InChI=1S/C24H30FN5O2/c1-26-21-18-7-11-30(15-20(18)28-22(29-21)19-6-3-10-27-19)23(31)24(8-12-32-13-9-24)16-4-2-5-17(25)14-16/h2,4-5,14,19,27H,3,6-13,15H2,1H3,(H,26,28,29)/t19-/m1/s1. The van der Waals surface area contributed by atoms with Gasteiger partial charge in [-0.2, -0.15) is 0 Å².